The number of rotatable bonds is 4. The molecule has 2 rings (SSSR count). The largest absolute Gasteiger partial charge is 0.417 e. The molecule has 0 unspecified atom stereocenters. The number of amides is 1. The van der Waals surface area contributed by atoms with Gasteiger partial charge in [0.2, 0.25) is 5.91 Å². The van der Waals surface area contributed by atoms with Crippen molar-refractivity contribution in [3.63, 3.8) is 0 Å². The third-order valence-corrected chi connectivity index (χ3v) is 4.30. The van der Waals surface area contributed by atoms with E-state index in [1.807, 2.05) is 32.9 Å². The Labute approximate surface area is 142 Å². The van der Waals surface area contributed by atoms with Gasteiger partial charge in [0.15, 0.2) is 0 Å². The number of pyridine rings is 1. The van der Waals surface area contributed by atoms with Crippen molar-refractivity contribution in [1.29, 1.82) is 0 Å². The van der Waals surface area contributed by atoms with Crippen LogP contribution in [0.15, 0.2) is 35.5 Å². The first-order valence-electron chi connectivity index (χ1n) is 7.20. The first-order chi connectivity index (χ1) is 11.2. The number of halogens is 3. The van der Waals surface area contributed by atoms with E-state index in [4.69, 9.17) is 0 Å². The molecule has 0 spiro atoms. The summed E-state index contributed by atoms with van der Waals surface area (Å²) in [5.74, 6) is -0.151. The van der Waals surface area contributed by atoms with Crippen LogP contribution < -0.4 is 5.32 Å². The number of carbonyl (C=O) groups excluding carboxylic acids is 1. The number of carbonyl (C=O) groups is 1. The topological polar surface area (TPSA) is 42.0 Å². The Bertz CT molecular complexity index is 719. The lowest BCUT2D eigenvalue weighted by Gasteiger charge is -2.12. The normalized spacial score (nSPS) is 11.4. The number of alkyl halides is 3. The minimum Gasteiger partial charge on any atom is -0.325 e. The predicted molar refractivity (Wildman–Crippen MR) is 89.2 cm³/mol. The van der Waals surface area contributed by atoms with Crippen LogP contribution in [0.25, 0.3) is 0 Å². The molecule has 0 radical (unpaired) electrons. The van der Waals surface area contributed by atoms with E-state index in [0.29, 0.717) is 5.03 Å². The van der Waals surface area contributed by atoms with Crippen molar-refractivity contribution in [2.24, 2.45) is 0 Å². The molecule has 24 heavy (non-hydrogen) atoms. The van der Waals surface area contributed by atoms with E-state index in [2.05, 4.69) is 10.3 Å². The number of anilines is 1. The van der Waals surface area contributed by atoms with Crippen molar-refractivity contribution in [3.8, 4) is 0 Å². The zero-order valence-corrected chi connectivity index (χ0v) is 14.3. The summed E-state index contributed by atoms with van der Waals surface area (Å²) in [5, 5.41) is 3.21. The quantitative estimate of drug-likeness (QED) is 0.805. The minimum absolute atomic E-state index is 0.0745. The van der Waals surface area contributed by atoms with E-state index >= 15 is 0 Å². The highest BCUT2D eigenvalue weighted by molar-refractivity contribution is 7.99. The number of thioether (sulfide) groups is 1. The number of aromatic nitrogens is 1. The maximum atomic E-state index is 12.5. The minimum atomic E-state index is -4.41. The van der Waals surface area contributed by atoms with Crippen LogP contribution in [0, 0.1) is 20.8 Å². The monoisotopic (exact) mass is 354 g/mol. The van der Waals surface area contributed by atoms with Crippen LogP contribution in [0.3, 0.4) is 0 Å². The van der Waals surface area contributed by atoms with Gasteiger partial charge in [0.1, 0.15) is 0 Å². The van der Waals surface area contributed by atoms with Gasteiger partial charge in [0.05, 0.1) is 16.3 Å². The Hall–Kier alpha value is -2.02. The summed E-state index contributed by atoms with van der Waals surface area (Å²) >= 11 is 1.09. The van der Waals surface area contributed by atoms with Gasteiger partial charge in [-0.05, 0) is 44.0 Å². The lowest BCUT2D eigenvalue weighted by Crippen LogP contribution is -2.16. The first-order valence-corrected chi connectivity index (χ1v) is 8.19. The molecule has 3 nitrogen and oxygen atoms in total. The Balaban J connectivity index is 1.97. The highest BCUT2D eigenvalue weighted by Gasteiger charge is 2.30. The molecule has 128 valence electrons. The number of hydrogen-bond donors (Lipinski definition) is 1. The van der Waals surface area contributed by atoms with Gasteiger partial charge >= 0.3 is 6.18 Å². The fourth-order valence-electron chi connectivity index (χ4n) is 2.33. The summed E-state index contributed by atoms with van der Waals surface area (Å²) < 4.78 is 37.4. The number of aryl methyl sites for hydroxylation is 3. The molecule has 0 saturated heterocycles. The van der Waals surface area contributed by atoms with Gasteiger partial charge in [-0.15, -0.1) is 0 Å². The molecular formula is C17H17F3N2OS. The van der Waals surface area contributed by atoms with E-state index in [0.717, 1.165) is 46.4 Å². The Morgan fingerprint density at radius 3 is 2.29 bits per heavy atom. The van der Waals surface area contributed by atoms with Gasteiger partial charge in [0.25, 0.3) is 0 Å². The molecular weight excluding hydrogens is 337 g/mol. The Morgan fingerprint density at radius 1 is 1.17 bits per heavy atom. The van der Waals surface area contributed by atoms with Gasteiger partial charge in [0, 0.05) is 11.9 Å². The van der Waals surface area contributed by atoms with Crippen LogP contribution in [0.2, 0.25) is 0 Å². The average molecular weight is 354 g/mol. The number of hydrogen-bond acceptors (Lipinski definition) is 3. The Morgan fingerprint density at radius 2 is 1.79 bits per heavy atom. The smallest absolute Gasteiger partial charge is 0.325 e. The number of nitrogens with zero attached hydrogens (tertiary/aromatic N) is 1. The first kappa shape index (κ1) is 18.3. The second-order valence-corrected chi connectivity index (χ2v) is 6.49. The van der Waals surface area contributed by atoms with E-state index in [1.54, 1.807) is 0 Å². The maximum absolute atomic E-state index is 12.5. The van der Waals surface area contributed by atoms with Gasteiger partial charge in [-0.3, -0.25) is 4.79 Å². The van der Waals surface area contributed by atoms with Crippen molar-refractivity contribution in [3.05, 3.63) is 52.7 Å². The van der Waals surface area contributed by atoms with Gasteiger partial charge < -0.3 is 5.32 Å². The fourth-order valence-corrected chi connectivity index (χ4v) is 2.97. The third kappa shape index (κ3) is 4.74. The van der Waals surface area contributed by atoms with Crippen molar-refractivity contribution >= 4 is 23.4 Å². The summed E-state index contributed by atoms with van der Waals surface area (Å²) in [5.41, 5.74) is 3.03. The molecule has 1 aromatic heterocycles. The Kier molecular flexibility index (Phi) is 5.54. The maximum Gasteiger partial charge on any atom is 0.417 e. The highest BCUT2D eigenvalue weighted by Crippen LogP contribution is 2.29. The van der Waals surface area contributed by atoms with E-state index in [9.17, 15) is 18.0 Å². The van der Waals surface area contributed by atoms with E-state index in [-0.39, 0.29) is 11.7 Å². The van der Waals surface area contributed by atoms with Crippen LogP contribution >= 0.6 is 11.8 Å². The number of benzene rings is 1. The molecule has 0 aliphatic rings. The van der Waals surface area contributed by atoms with Crippen LogP contribution in [0.1, 0.15) is 22.3 Å². The fraction of sp³-hybridized carbons (Fsp3) is 0.294. The van der Waals surface area contributed by atoms with Crippen molar-refractivity contribution in [1.82, 2.24) is 4.98 Å². The molecule has 2 aromatic rings. The molecule has 1 heterocycles. The summed E-state index contributed by atoms with van der Waals surface area (Å²) in [7, 11) is 0. The molecule has 0 saturated carbocycles. The summed E-state index contributed by atoms with van der Waals surface area (Å²) in [6.45, 7) is 5.82. The SMILES string of the molecule is Cc1cc(C)c(NC(=O)CSc2ccc(C(F)(F)F)cn2)c(C)c1. The van der Waals surface area contributed by atoms with Gasteiger partial charge in [-0.1, -0.05) is 29.5 Å². The molecule has 0 aliphatic heterocycles. The molecule has 1 N–H and O–H groups in total. The zero-order valence-electron chi connectivity index (χ0n) is 13.5. The van der Waals surface area contributed by atoms with E-state index < -0.39 is 11.7 Å². The molecule has 0 bridgehead atoms. The average Bonchev–Trinajstić information content (AvgIpc) is 2.48. The molecule has 1 amide bonds. The molecule has 7 heteroatoms. The third-order valence-electron chi connectivity index (χ3n) is 3.36. The van der Waals surface area contributed by atoms with Crippen LogP contribution in [0.4, 0.5) is 18.9 Å². The summed E-state index contributed by atoms with van der Waals surface area (Å²) in [4.78, 5) is 15.8. The lowest BCUT2D eigenvalue weighted by atomic mass is 10.1. The molecule has 1 aromatic carbocycles. The molecule has 0 fully saturated rings. The second-order valence-electron chi connectivity index (χ2n) is 5.49. The van der Waals surface area contributed by atoms with Crippen molar-refractivity contribution in [2.45, 2.75) is 32.0 Å². The molecule has 0 aliphatic carbocycles. The van der Waals surface area contributed by atoms with Crippen LogP contribution in [-0.2, 0) is 11.0 Å². The molecule has 0 atom stereocenters. The van der Waals surface area contributed by atoms with Crippen molar-refractivity contribution < 1.29 is 18.0 Å². The number of nitrogens with one attached hydrogen (secondary N) is 1. The van der Waals surface area contributed by atoms with Crippen molar-refractivity contribution in [2.75, 3.05) is 11.1 Å². The van der Waals surface area contributed by atoms with Gasteiger partial charge in [-0.25, -0.2) is 4.98 Å². The summed E-state index contributed by atoms with van der Waals surface area (Å²) in [6.07, 6.45) is -3.64. The second kappa shape index (κ2) is 7.25. The highest BCUT2D eigenvalue weighted by atomic mass is 32.2. The van der Waals surface area contributed by atoms with Crippen LogP contribution in [0.5, 0.6) is 0 Å². The standard InChI is InChI=1S/C17H17F3N2OS/c1-10-6-11(2)16(12(3)7-10)22-14(23)9-24-15-5-4-13(8-21-15)17(18,19)20/h4-8H,9H2,1-3H3,(H,22,23). The summed E-state index contributed by atoms with van der Waals surface area (Å²) in [6, 6.07) is 6.19. The lowest BCUT2D eigenvalue weighted by molar-refractivity contribution is -0.137. The predicted octanol–water partition coefficient (Wildman–Crippen LogP) is 4.76. The zero-order chi connectivity index (χ0) is 17.9. The van der Waals surface area contributed by atoms with Gasteiger partial charge in [-0.2, -0.15) is 13.2 Å². The van der Waals surface area contributed by atoms with Crippen LogP contribution in [-0.4, -0.2) is 16.6 Å². The van der Waals surface area contributed by atoms with E-state index in [1.165, 1.54) is 6.07 Å².